The Morgan fingerprint density at radius 3 is 2.81 bits per heavy atom. The van der Waals surface area contributed by atoms with Crippen LogP contribution in [0.5, 0.6) is 0 Å². The van der Waals surface area contributed by atoms with E-state index in [9.17, 15) is 14.4 Å². The average molecular weight is 390 g/mol. The Kier molecular flexibility index (Phi) is 4.42. The van der Waals surface area contributed by atoms with E-state index < -0.39 is 11.7 Å². The number of H-pyrrole nitrogens is 1. The Morgan fingerprint density at radius 2 is 2.00 bits per heavy atom. The van der Waals surface area contributed by atoms with Crippen molar-refractivity contribution in [2.75, 3.05) is 6.54 Å². The standard InChI is InChI=1S/C18H16ClN3O3S/c19-12-6-2-1-5-11(12)14-9-13-16(26-14)17(24)22(18(25)21-13)10-4-3-7-20-15(23)8-10/h1-2,5-6,9-10H,3-4,7-8H2,(H,20,23)(H,21,25). The highest BCUT2D eigenvalue weighted by Crippen LogP contribution is 2.35. The summed E-state index contributed by atoms with van der Waals surface area (Å²) in [7, 11) is 0. The van der Waals surface area contributed by atoms with Crippen LogP contribution in [-0.4, -0.2) is 22.0 Å². The molecule has 0 bridgehead atoms. The number of hydrogen-bond donors (Lipinski definition) is 2. The van der Waals surface area contributed by atoms with Gasteiger partial charge < -0.3 is 10.3 Å². The zero-order chi connectivity index (χ0) is 18.3. The zero-order valence-corrected chi connectivity index (χ0v) is 15.3. The third kappa shape index (κ3) is 2.97. The summed E-state index contributed by atoms with van der Waals surface area (Å²) in [5.41, 5.74) is 0.475. The molecule has 1 saturated heterocycles. The van der Waals surface area contributed by atoms with Crippen LogP contribution in [0.4, 0.5) is 0 Å². The summed E-state index contributed by atoms with van der Waals surface area (Å²) in [6.07, 6.45) is 1.48. The third-order valence-corrected chi connectivity index (χ3v) is 6.05. The fourth-order valence-electron chi connectivity index (χ4n) is 3.32. The summed E-state index contributed by atoms with van der Waals surface area (Å²) in [6, 6.07) is 8.71. The number of carbonyl (C=O) groups is 1. The summed E-state index contributed by atoms with van der Waals surface area (Å²) in [5, 5.41) is 3.36. The van der Waals surface area contributed by atoms with Crippen molar-refractivity contribution in [2.45, 2.75) is 25.3 Å². The minimum absolute atomic E-state index is 0.136. The molecular weight excluding hydrogens is 374 g/mol. The summed E-state index contributed by atoms with van der Waals surface area (Å²) in [4.78, 5) is 41.0. The largest absolute Gasteiger partial charge is 0.356 e. The fourth-order valence-corrected chi connectivity index (χ4v) is 4.70. The quantitative estimate of drug-likeness (QED) is 0.706. The van der Waals surface area contributed by atoms with E-state index >= 15 is 0 Å². The molecule has 26 heavy (non-hydrogen) atoms. The average Bonchev–Trinajstić information content (AvgIpc) is 2.91. The van der Waals surface area contributed by atoms with Crippen LogP contribution >= 0.6 is 22.9 Å². The Labute approximate surface area is 157 Å². The fraction of sp³-hybridized carbons (Fsp3) is 0.278. The van der Waals surface area contributed by atoms with Gasteiger partial charge in [0, 0.05) is 28.4 Å². The number of rotatable bonds is 2. The van der Waals surface area contributed by atoms with Crippen molar-refractivity contribution in [3.8, 4) is 10.4 Å². The predicted molar refractivity (Wildman–Crippen MR) is 103 cm³/mol. The normalized spacial score (nSPS) is 17.9. The molecule has 4 rings (SSSR count). The number of aromatic nitrogens is 2. The van der Waals surface area contributed by atoms with Gasteiger partial charge in [-0.05, 0) is 25.0 Å². The monoisotopic (exact) mass is 389 g/mol. The number of thiophene rings is 1. The first-order valence-electron chi connectivity index (χ1n) is 8.34. The number of fused-ring (bicyclic) bond motifs is 1. The maximum Gasteiger partial charge on any atom is 0.329 e. The van der Waals surface area contributed by atoms with Gasteiger partial charge in [-0.2, -0.15) is 0 Å². The van der Waals surface area contributed by atoms with Crippen molar-refractivity contribution in [2.24, 2.45) is 0 Å². The lowest BCUT2D eigenvalue weighted by Crippen LogP contribution is -2.38. The second kappa shape index (κ2) is 6.74. The lowest BCUT2D eigenvalue weighted by Gasteiger charge is -2.14. The Morgan fingerprint density at radius 1 is 1.19 bits per heavy atom. The van der Waals surface area contributed by atoms with Crippen LogP contribution in [0.1, 0.15) is 25.3 Å². The molecule has 1 aliphatic heterocycles. The van der Waals surface area contributed by atoms with Crippen LogP contribution in [0, 0.1) is 0 Å². The summed E-state index contributed by atoms with van der Waals surface area (Å²) in [5.74, 6) is -0.137. The van der Waals surface area contributed by atoms with Gasteiger partial charge in [0.2, 0.25) is 5.91 Å². The molecule has 1 fully saturated rings. The second-order valence-corrected chi connectivity index (χ2v) is 7.75. The maximum absolute atomic E-state index is 13.0. The molecule has 134 valence electrons. The highest BCUT2D eigenvalue weighted by Gasteiger charge is 2.23. The van der Waals surface area contributed by atoms with Crippen LogP contribution in [0.2, 0.25) is 5.02 Å². The van der Waals surface area contributed by atoms with Crippen molar-refractivity contribution in [3.05, 3.63) is 56.2 Å². The van der Waals surface area contributed by atoms with Gasteiger partial charge in [0.1, 0.15) is 4.70 Å². The molecule has 1 unspecified atom stereocenters. The summed E-state index contributed by atoms with van der Waals surface area (Å²) in [6.45, 7) is 0.569. The van der Waals surface area contributed by atoms with Crippen molar-refractivity contribution >= 4 is 39.1 Å². The summed E-state index contributed by atoms with van der Waals surface area (Å²) >= 11 is 7.55. The number of benzene rings is 1. The molecule has 0 radical (unpaired) electrons. The topological polar surface area (TPSA) is 84.0 Å². The number of nitrogens with one attached hydrogen (secondary N) is 2. The minimum Gasteiger partial charge on any atom is -0.356 e. The van der Waals surface area contributed by atoms with E-state index in [2.05, 4.69) is 10.3 Å². The highest BCUT2D eigenvalue weighted by atomic mass is 35.5. The van der Waals surface area contributed by atoms with E-state index in [1.807, 2.05) is 18.2 Å². The molecule has 1 amide bonds. The Hall–Kier alpha value is -2.38. The van der Waals surface area contributed by atoms with E-state index in [-0.39, 0.29) is 17.9 Å². The van der Waals surface area contributed by atoms with Crippen molar-refractivity contribution < 1.29 is 4.79 Å². The van der Waals surface area contributed by atoms with Gasteiger partial charge >= 0.3 is 5.69 Å². The number of aromatic amines is 1. The van der Waals surface area contributed by atoms with E-state index in [1.54, 1.807) is 12.1 Å². The molecule has 0 saturated carbocycles. The number of halogens is 1. The molecule has 8 heteroatoms. The van der Waals surface area contributed by atoms with Gasteiger partial charge in [0.05, 0.1) is 11.6 Å². The van der Waals surface area contributed by atoms with Crippen molar-refractivity contribution in [1.29, 1.82) is 0 Å². The molecule has 0 aliphatic carbocycles. The molecule has 1 aliphatic rings. The first-order chi connectivity index (χ1) is 12.5. The number of hydrogen-bond acceptors (Lipinski definition) is 4. The molecule has 2 N–H and O–H groups in total. The molecular formula is C18H16ClN3O3S. The van der Waals surface area contributed by atoms with Crippen LogP contribution in [0.3, 0.4) is 0 Å². The Balaban J connectivity index is 1.86. The maximum atomic E-state index is 13.0. The minimum atomic E-state index is -0.481. The lowest BCUT2D eigenvalue weighted by atomic mass is 10.1. The van der Waals surface area contributed by atoms with Crippen molar-refractivity contribution in [3.63, 3.8) is 0 Å². The number of amides is 1. The molecule has 0 spiro atoms. The molecule has 6 nitrogen and oxygen atoms in total. The second-order valence-electron chi connectivity index (χ2n) is 6.29. The number of nitrogens with zero attached hydrogens (tertiary/aromatic N) is 1. The molecule has 3 aromatic rings. The number of carbonyl (C=O) groups excluding carboxylic acids is 1. The predicted octanol–water partition coefficient (Wildman–Crippen LogP) is 2.91. The van der Waals surface area contributed by atoms with Gasteiger partial charge in [0.25, 0.3) is 5.56 Å². The van der Waals surface area contributed by atoms with Gasteiger partial charge in [0.15, 0.2) is 0 Å². The van der Waals surface area contributed by atoms with Crippen LogP contribution in [0.15, 0.2) is 39.9 Å². The van der Waals surface area contributed by atoms with Crippen molar-refractivity contribution in [1.82, 2.24) is 14.9 Å². The smallest absolute Gasteiger partial charge is 0.329 e. The van der Waals surface area contributed by atoms with Crippen LogP contribution < -0.4 is 16.6 Å². The molecule has 2 aromatic heterocycles. The van der Waals surface area contributed by atoms with Gasteiger partial charge in [-0.3, -0.25) is 14.2 Å². The first kappa shape index (κ1) is 17.1. The first-order valence-corrected chi connectivity index (χ1v) is 9.54. The molecule has 1 aromatic carbocycles. The summed E-state index contributed by atoms with van der Waals surface area (Å²) < 4.78 is 1.66. The van der Waals surface area contributed by atoms with Crippen LogP contribution in [-0.2, 0) is 4.79 Å². The van der Waals surface area contributed by atoms with Gasteiger partial charge in [-0.25, -0.2) is 4.79 Å². The lowest BCUT2D eigenvalue weighted by molar-refractivity contribution is -0.121. The molecule has 1 atom stereocenters. The Bertz CT molecular complexity index is 1110. The SMILES string of the molecule is O=C1CC(n2c(=O)[nH]c3cc(-c4ccccc4Cl)sc3c2=O)CCCN1. The van der Waals surface area contributed by atoms with Gasteiger partial charge in [-0.1, -0.05) is 29.8 Å². The van der Waals surface area contributed by atoms with E-state index in [0.717, 1.165) is 16.9 Å². The zero-order valence-electron chi connectivity index (χ0n) is 13.8. The van der Waals surface area contributed by atoms with Gasteiger partial charge in [-0.15, -0.1) is 11.3 Å². The third-order valence-electron chi connectivity index (χ3n) is 4.57. The highest BCUT2D eigenvalue weighted by molar-refractivity contribution is 7.22. The van der Waals surface area contributed by atoms with Crippen LogP contribution in [0.25, 0.3) is 20.7 Å². The molecule has 3 heterocycles. The van der Waals surface area contributed by atoms with E-state index in [0.29, 0.717) is 28.2 Å². The van der Waals surface area contributed by atoms with E-state index in [4.69, 9.17) is 11.6 Å². The van der Waals surface area contributed by atoms with E-state index in [1.165, 1.54) is 15.9 Å².